The van der Waals surface area contributed by atoms with Crippen LogP contribution in [0.1, 0.15) is 6.42 Å². The van der Waals surface area contributed by atoms with Gasteiger partial charge in [-0.3, -0.25) is 15.0 Å². The Morgan fingerprint density at radius 2 is 2.19 bits per heavy atom. The van der Waals surface area contributed by atoms with E-state index in [2.05, 4.69) is 15.0 Å². The van der Waals surface area contributed by atoms with Crippen LogP contribution < -0.4 is 21.5 Å². The zero-order valence-electron chi connectivity index (χ0n) is 13.1. The molecule has 0 aromatic carbocycles. The molecule has 16 heteroatoms. The van der Waals surface area contributed by atoms with Crippen molar-refractivity contribution in [2.75, 3.05) is 13.2 Å². The molecule has 146 valence electrons. The Morgan fingerprint density at radius 1 is 1.54 bits per heavy atom. The normalized spacial score (nSPS) is 32.4. The molecule has 0 saturated carbocycles. The molecule has 3 aliphatic heterocycles. The quantitative estimate of drug-likeness (QED) is 0.103. The number of guanidine groups is 2. The average Bonchev–Trinajstić information content (AvgIpc) is 2.96. The number of carbonyl (C=O) groups is 1. The Kier molecular flexibility index (Phi) is 3.83. The number of amides is 1. The van der Waals surface area contributed by atoms with E-state index < -0.39 is 52.5 Å². The third kappa shape index (κ3) is 2.54. The lowest BCUT2D eigenvalue weighted by Gasteiger charge is -2.47. The number of hydroxylamine groups is 1. The summed E-state index contributed by atoms with van der Waals surface area (Å²) in [5, 5.41) is 35.9. The number of carbonyl (C=O) groups excluding carboxylic acids is 1. The van der Waals surface area contributed by atoms with Gasteiger partial charge in [0, 0.05) is 6.42 Å². The number of rotatable bonds is 3. The van der Waals surface area contributed by atoms with Crippen molar-refractivity contribution in [3.63, 3.8) is 0 Å². The van der Waals surface area contributed by atoms with E-state index in [-0.39, 0.29) is 23.7 Å². The SMILES string of the molecule is NC1=N[C@H]2[C@H](COC(=O)NS(=O)(=O)O)[N+]([O-])=C(N)N3CCC(O)(O)[C@]23N1. The molecule has 0 aliphatic carbocycles. The standard InChI is InChI=1S/C10H17N7O8S/c11-6-13-5-4(3-25-8(18)15-26(22,23)24)17(21)7(12)16-2-1-9(19,20)10(5,16)14-6/h4-5,19-20H,1-3,12H2,(H,15,18)(H3,11,13,14)(H,22,23,24)/t4-,5-,10-/m0/s1. The zero-order valence-corrected chi connectivity index (χ0v) is 13.9. The predicted octanol–water partition coefficient (Wildman–Crippen LogP) is -4.91. The maximum absolute atomic E-state index is 12.5. The number of aliphatic imine (C=N–C) groups is 1. The zero-order chi connectivity index (χ0) is 19.5. The molecule has 9 N–H and O–H groups in total. The molecule has 0 bridgehead atoms. The van der Waals surface area contributed by atoms with Gasteiger partial charge in [-0.15, -0.1) is 0 Å². The van der Waals surface area contributed by atoms with Gasteiger partial charge in [0.1, 0.15) is 12.6 Å². The number of nitrogens with one attached hydrogen (secondary N) is 2. The summed E-state index contributed by atoms with van der Waals surface area (Å²) in [5.41, 5.74) is 9.68. The summed E-state index contributed by atoms with van der Waals surface area (Å²) in [4.78, 5) is 16.6. The molecule has 0 aromatic heterocycles. The molecular formula is C10H17N7O8S. The van der Waals surface area contributed by atoms with Crippen LogP contribution in [0.15, 0.2) is 4.99 Å². The molecule has 1 saturated heterocycles. The van der Waals surface area contributed by atoms with Crippen LogP contribution >= 0.6 is 0 Å². The number of aliphatic hydroxyl groups is 2. The molecular weight excluding hydrogens is 378 g/mol. The summed E-state index contributed by atoms with van der Waals surface area (Å²) in [6, 6.07) is -2.58. The largest absolute Gasteiger partial charge is 0.744 e. The van der Waals surface area contributed by atoms with Crippen molar-refractivity contribution in [3.05, 3.63) is 5.21 Å². The molecule has 1 fully saturated rings. The van der Waals surface area contributed by atoms with Crippen molar-refractivity contribution in [2.24, 2.45) is 16.5 Å². The van der Waals surface area contributed by atoms with Gasteiger partial charge < -0.3 is 31.2 Å². The summed E-state index contributed by atoms with van der Waals surface area (Å²) in [5.74, 6) is -2.96. The van der Waals surface area contributed by atoms with E-state index in [1.165, 1.54) is 4.90 Å². The van der Waals surface area contributed by atoms with Gasteiger partial charge in [-0.25, -0.2) is 14.7 Å². The minimum atomic E-state index is -4.86. The molecule has 0 aromatic rings. The highest BCUT2D eigenvalue weighted by molar-refractivity contribution is 7.84. The first-order valence-corrected chi connectivity index (χ1v) is 8.68. The third-order valence-corrected chi connectivity index (χ3v) is 4.94. The Hall–Kier alpha value is -2.56. The summed E-state index contributed by atoms with van der Waals surface area (Å²) in [6.45, 7) is -0.721. The van der Waals surface area contributed by atoms with E-state index >= 15 is 0 Å². The maximum Gasteiger partial charge on any atom is 0.422 e. The summed E-state index contributed by atoms with van der Waals surface area (Å²) >= 11 is 0. The van der Waals surface area contributed by atoms with Crippen molar-refractivity contribution in [2.45, 2.75) is 30.0 Å². The van der Waals surface area contributed by atoms with E-state index in [0.29, 0.717) is 0 Å². The fraction of sp³-hybridized carbons (Fsp3) is 0.700. The van der Waals surface area contributed by atoms with Crippen LogP contribution in [0.4, 0.5) is 4.79 Å². The maximum atomic E-state index is 12.5. The second-order valence-corrected chi connectivity index (χ2v) is 7.15. The second-order valence-electron chi connectivity index (χ2n) is 6.00. The van der Waals surface area contributed by atoms with Gasteiger partial charge in [-0.05, 0) is 0 Å². The molecule has 3 heterocycles. The topological polar surface area (TPSA) is 239 Å². The smallest absolute Gasteiger partial charge is 0.422 e. The van der Waals surface area contributed by atoms with Gasteiger partial charge in [-0.1, -0.05) is 0 Å². The number of hydrogen-bond donors (Lipinski definition) is 7. The summed E-state index contributed by atoms with van der Waals surface area (Å²) in [7, 11) is -4.86. The first-order valence-electron chi connectivity index (χ1n) is 7.23. The lowest BCUT2D eigenvalue weighted by Crippen LogP contribution is -2.79. The Labute approximate surface area is 146 Å². The van der Waals surface area contributed by atoms with E-state index in [9.17, 15) is 28.6 Å². The van der Waals surface area contributed by atoms with Gasteiger partial charge in [0.15, 0.2) is 12.0 Å². The first kappa shape index (κ1) is 18.2. The van der Waals surface area contributed by atoms with Crippen LogP contribution in [-0.2, 0) is 15.0 Å². The molecule has 3 atom stereocenters. The number of nitrogens with zero attached hydrogens (tertiary/aromatic N) is 3. The average molecular weight is 395 g/mol. The Balaban J connectivity index is 1.92. The van der Waals surface area contributed by atoms with Crippen LogP contribution in [-0.4, -0.2) is 87.5 Å². The van der Waals surface area contributed by atoms with Crippen LogP contribution in [0.25, 0.3) is 0 Å². The highest BCUT2D eigenvalue weighted by atomic mass is 32.2. The van der Waals surface area contributed by atoms with Gasteiger partial charge in [-0.2, -0.15) is 13.1 Å². The number of hydrogen-bond acceptors (Lipinski definition) is 12. The molecule has 3 rings (SSSR count). The van der Waals surface area contributed by atoms with Gasteiger partial charge >= 0.3 is 22.4 Å². The van der Waals surface area contributed by atoms with E-state index in [0.717, 1.165) is 4.72 Å². The van der Waals surface area contributed by atoms with Crippen molar-refractivity contribution < 1.29 is 37.5 Å². The van der Waals surface area contributed by atoms with Crippen molar-refractivity contribution in [1.29, 1.82) is 0 Å². The Bertz CT molecular complexity index is 810. The number of nitrogens with two attached hydrogens (primary N) is 2. The summed E-state index contributed by atoms with van der Waals surface area (Å²) in [6.07, 6.45) is -1.73. The molecule has 3 aliphatic rings. The first-order chi connectivity index (χ1) is 11.9. The van der Waals surface area contributed by atoms with Crippen LogP contribution in [0, 0.1) is 5.21 Å². The third-order valence-electron chi connectivity index (χ3n) is 4.51. The summed E-state index contributed by atoms with van der Waals surface area (Å²) < 4.78 is 35.7. The molecule has 0 unspecified atom stereocenters. The molecule has 26 heavy (non-hydrogen) atoms. The van der Waals surface area contributed by atoms with Gasteiger partial charge in [0.25, 0.3) is 0 Å². The van der Waals surface area contributed by atoms with Crippen LogP contribution in [0.5, 0.6) is 0 Å². The van der Waals surface area contributed by atoms with E-state index in [1.807, 2.05) is 0 Å². The van der Waals surface area contributed by atoms with Crippen LogP contribution in [0.3, 0.4) is 0 Å². The molecule has 15 nitrogen and oxygen atoms in total. The minimum Gasteiger partial charge on any atom is -0.744 e. The van der Waals surface area contributed by atoms with Gasteiger partial charge in [0.05, 0.1) is 6.54 Å². The fourth-order valence-corrected chi connectivity index (χ4v) is 3.76. The second kappa shape index (κ2) is 5.47. The van der Waals surface area contributed by atoms with Gasteiger partial charge in [0.2, 0.25) is 11.4 Å². The molecule has 1 amide bonds. The lowest BCUT2D eigenvalue weighted by molar-refractivity contribution is -0.529. The van der Waals surface area contributed by atoms with Crippen LogP contribution in [0.2, 0.25) is 0 Å². The van der Waals surface area contributed by atoms with Crippen molar-refractivity contribution in [1.82, 2.24) is 14.9 Å². The fourth-order valence-electron chi connectivity index (χ4n) is 3.49. The predicted molar refractivity (Wildman–Crippen MR) is 82.4 cm³/mol. The minimum absolute atomic E-state index is 0.0146. The van der Waals surface area contributed by atoms with Crippen molar-refractivity contribution in [3.8, 4) is 0 Å². The number of ether oxygens (including phenoxy) is 1. The van der Waals surface area contributed by atoms with E-state index in [4.69, 9.17) is 16.0 Å². The molecule has 1 spiro atoms. The highest BCUT2D eigenvalue weighted by Crippen LogP contribution is 2.44. The lowest BCUT2D eigenvalue weighted by atomic mass is 9.86. The molecule has 0 radical (unpaired) electrons. The monoisotopic (exact) mass is 395 g/mol. The van der Waals surface area contributed by atoms with E-state index in [1.54, 1.807) is 0 Å². The Morgan fingerprint density at radius 3 is 2.81 bits per heavy atom. The highest BCUT2D eigenvalue weighted by Gasteiger charge is 2.73. The van der Waals surface area contributed by atoms with Crippen molar-refractivity contribution >= 4 is 28.3 Å².